The van der Waals surface area contributed by atoms with E-state index in [1.165, 1.54) is 65.1 Å². The third-order valence-electron chi connectivity index (χ3n) is 7.71. The Kier molecular flexibility index (Phi) is 4.26. The van der Waals surface area contributed by atoms with Gasteiger partial charge >= 0.3 is 0 Å². The molecule has 0 N–H and O–H groups in total. The molecule has 0 aromatic carbocycles. The Bertz CT molecular complexity index is 413. The van der Waals surface area contributed by atoms with Gasteiger partial charge in [0.15, 0.2) is 0 Å². The number of fused-ring (bicyclic) bond motifs is 1. The van der Waals surface area contributed by atoms with E-state index in [9.17, 15) is 0 Å². The molecule has 1 aliphatic carbocycles. The van der Waals surface area contributed by atoms with Gasteiger partial charge in [0, 0.05) is 38.3 Å². The topological polar surface area (TPSA) is 9.72 Å². The van der Waals surface area contributed by atoms with E-state index in [0.29, 0.717) is 5.41 Å². The van der Waals surface area contributed by atoms with Gasteiger partial charge in [-0.3, -0.25) is 0 Å². The maximum Gasteiger partial charge on any atom is 0.00395 e. The molecule has 4 fully saturated rings. The average molecular weight is 320 g/mol. The molecule has 132 valence electrons. The summed E-state index contributed by atoms with van der Waals surface area (Å²) in [5.41, 5.74) is 0.680. The molecule has 1 saturated carbocycles. The van der Waals surface area contributed by atoms with Crippen molar-refractivity contribution in [1.82, 2.24) is 14.7 Å². The summed E-state index contributed by atoms with van der Waals surface area (Å²) in [4.78, 5) is 8.21. The standard InChI is InChI=1S/C20H37N3/c1-15(2)22-9-6-20(7-10-22)5-8-21(14-20)11-17-18-12-23(16(3)4)13-19(17)18/h15-19H,5-14H2,1-4H3. The zero-order valence-corrected chi connectivity index (χ0v) is 15.8. The van der Waals surface area contributed by atoms with Gasteiger partial charge in [0.2, 0.25) is 0 Å². The van der Waals surface area contributed by atoms with Crippen molar-refractivity contribution in [2.75, 3.05) is 45.8 Å². The molecule has 3 aliphatic heterocycles. The molecule has 1 spiro atoms. The van der Waals surface area contributed by atoms with E-state index in [1.807, 2.05) is 0 Å². The highest BCUT2D eigenvalue weighted by Gasteiger charge is 2.56. The first-order valence-electron chi connectivity index (χ1n) is 10.2. The molecule has 3 saturated heterocycles. The first kappa shape index (κ1) is 16.4. The lowest BCUT2D eigenvalue weighted by atomic mass is 9.77. The van der Waals surface area contributed by atoms with Gasteiger partial charge in [0.05, 0.1) is 0 Å². The van der Waals surface area contributed by atoms with Crippen molar-refractivity contribution in [2.45, 2.75) is 59.0 Å². The molecule has 0 amide bonds. The number of hydrogen-bond acceptors (Lipinski definition) is 3. The van der Waals surface area contributed by atoms with Crippen molar-refractivity contribution in [2.24, 2.45) is 23.2 Å². The zero-order valence-electron chi connectivity index (χ0n) is 15.8. The summed E-state index contributed by atoms with van der Waals surface area (Å²) >= 11 is 0. The van der Waals surface area contributed by atoms with Crippen LogP contribution in [0.3, 0.4) is 0 Å². The minimum Gasteiger partial charge on any atom is -0.302 e. The first-order chi connectivity index (χ1) is 11.0. The molecule has 3 heterocycles. The Labute approximate surface area is 143 Å². The second-order valence-electron chi connectivity index (χ2n) is 9.65. The summed E-state index contributed by atoms with van der Waals surface area (Å²) < 4.78 is 0. The normalized spacial score (nSPS) is 38.1. The third kappa shape index (κ3) is 3.09. The maximum absolute atomic E-state index is 2.84. The second-order valence-corrected chi connectivity index (χ2v) is 9.65. The summed E-state index contributed by atoms with van der Waals surface area (Å²) in [6.45, 7) is 19.1. The minimum atomic E-state index is 0.680. The second kappa shape index (κ2) is 6.00. The maximum atomic E-state index is 2.84. The fourth-order valence-electron chi connectivity index (χ4n) is 5.78. The van der Waals surface area contributed by atoms with Crippen LogP contribution in [0.25, 0.3) is 0 Å². The summed E-state index contributed by atoms with van der Waals surface area (Å²) in [7, 11) is 0. The van der Waals surface area contributed by atoms with E-state index in [0.717, 1.165) is 29.8 Å². The van der Waals surface area contributed by atoms with Crippen molar-refractivity contribution in [3.05, 3.63) is 0 Å². The lowest BCUT2D eigenvalue weighted by Gasteiger charge is -2.41. The van der Waals surface area contributed by atoms with Gasteiger partial charge in [0.25, 0.3) is 0 Å². The first-order valence-corrected chi connectivity index (χ1v) is 10.2. The fourth-order valence-corrected chi connectivity index (χ4v) is 5.78. The lowest BCUT2D eigenvalue weighted by molar-refractivity contribution is 0.0857. The van der Waals surface area contributed by atoms with Gasteiger partial charge in [-0.05, 0) is 89.8 Å². The van der Waals surface area contributed by atoms with Crippen LogP contribution in [0.2, 0.25) is 0 Å². The Morgan fingerprint density at radius 1 is 0.826 bits per heavy atom. The molecule has 23 heavy (non-hydrogen) atoms. The van der Waals surface area contributed by atoms with E-state index in [2.05, 4.69) is 42.4 Å². The largest absolute Gasteiger partial charge is 0.302 e. The van der Waals surface area contributed by atoms with Crippen LogP contribution < -0.4 is 0 Å². The Morgan fingerprint density at radius 3 is 1.96 bits per heavy atom. The van der Waals surface area contributed by atoms with Crippen molar-refractivity contribution in [1.29, 1.82) is 0 Å². The molecule has 0 radical (unpaired) electrons. The van der Waals surface area contributed by atoms with Gasteiger partial charge in [-0.2, -0.15) is 0 Å². The predicted octanol–water partition coefficient (Wildman–Crippen LogP) is 2.77. The monoisotopic (exact) mass is 319 g/mol. The molecule has 4 aliphatic rings. The quantitative estimate of drug-likeness (QED) is 0.789. The third-order valence-corrected chi connectivity index (χ3v) is 7.71. The Hall–Kier alpha value is -0.120. The Morgan fingerprint density at radius 2 is 1.39 bits per heavy atom. The molecule has 2 atom stereocenters. The predicted molar refractivity (Wildman–Crippen MR) is 96.6 cm³/mol. The van der Waals surface area contributed by atoms with E-state index < -0.39 is 0 Å². The van der Waals surface area contributed by atoms with Crippen LogP contribution in [-0.2, 0) is 0 Å². The van der Waals surface area contributed by atoms with Gasteiger partial charge in [0.1, 0.15) is 0 Å². The number of likely N-dealkylation sites (tertiary alicyclic amines) is 3. The van der Waals surface area contributed by atoms with Crippen molar-refractivity contribution >= 4 is 0 Å². The molecular formula is C20H37N3. The van der Waals surface area contributed by atoms with E-state index in [1.54, 1.807) is 0 Å². The van der Waals surface area contributed by atoms with Crippen LogP contribution >= 0.6 is 0 Å². The van der Waals surface area contributed by atoms with E-state index in [-0.39, 0.29) is 0 Å². The molecule has 3 nitrogen and oxygen atoms in total. The summed E-state index contributed by atoms with van der Waals surface area (Å²) in [5, 5.41) is 0. The van der Waals surface area contributed by atoms with Crippen molar-refractivity contribution in [3.8, 4) is 0 Å². The fraction of sp³-hybridized carbons (Fsp3) is 1.00. The van der Waals surface area contributed by atoms with Gasteiger partial charge in [-0.25, -0.2) is 0 Å². The van der Waals surface area contributed by atoms with Crippen LogP contribution in [0, 0.1) is 23.2 Å². The van der Waals surface area contributed by atoms with Gasteiger partial charge < -0.3 is 14.7 Å². The minimum absolute atomic E-state index is 0.680. The number of piperidine rings is 2. The summed E-state index contributed by atoms with van der Waals surface area (Å²) in [6.07, 6.45) is 4.36. The summed E-state index contributed by atoms with van der Waals surface area (Å²) in [5.74, 6) is 3.12. The smallest absolute Gasteiger partial charge is 0.00395 e. The van der Waals surface area contributed by atoms with E-state index >= 15 is 0 Å². The number of rotatable bonds is 4. The molecule has 0 bridgehead atoms. The molecule has 0 aromatic rings. The molecule has 2 unspecified atom stereocenters. The van der Waals surface area contributed by atoms with Crippen LogP contribution in [-0.4, -0.2) is 72.6 Å². The van der Waals surface area contributed by atoms with Crippen LogP contribution in [0.1, 0.15) is 47.0 Å². The lowest BCUT2D eigenvalue weighted by Crippen LogP contribution is -2.44. The van der Waals surface area contributed by atoms with Crippen molar-refractivity contribution in [3.63, 3.8) is 0 Å². The molecule has 3 heteroatoms. The van der Waals surface area contributed by atoms with Crippen LogP contribution in [0.4, 0.5) is 0 Å². The summed E-state index contributed by atoms with van der Waals surface area (Å²) in [6, 6.07) is 1.49. The highest BCUT2D eigenvalue weighted by Crippen LogP contribution is 2.53. The molecular weight excluding hydrogens is 282 g/mol. The highest BCUT2D eigenvalue weighted by atomic mass is 15.2. The van der Waals surface area contributed by atoms with Gasteiger partial charge in [-0.15, -0.1) is 0 Å². The number of hydrogen-bond donors (Lipinski definition) is 0. The molecule has 0 aromatic heterocycles. The highest BCUT2D eigenvalue weighted by molar-refractivity contribution is 5.07. The van der Waals surface area contributed by atoms with Crippen molar-refractivity contribution < 1.29 is 0 Å². The Balaban J connectivity index is 1.24. The van der Waals surface area contributed by atoms with Crippen LogP contribution in [0.15, 0.2) is 0 Å². The van der Waals surface area contributed by atoms with Gasteiger partial charge in [-0.1, -0.05) is 0 Å². The SMILES string of the molecule is CC(C)N1CCC2(CCN(CC3C4CN(C(C)C)CC34)C2)CC1. The van der Waals surface area contributed by atoms with Crippen LogP contribution in [0.5, 0.6) is 0 Å². The number of nitrogens with zero attached hydrogens (tertiary/aromatic N) is 3. The van der Waals surface area contributed by atoms with E-state index in [4.69, 9.17) is 0 Å². The average Bonchev–Trinajstić information content (AvgIpc) is 2.89. The molecule has 4 rings (SSSR count). The zero-order chi connectivity index (χ0) is 16.2.